The summed E-state index contributed by atoms with van der Waals surface area (Å²) in [7, 11) is 0. The second-order valence-corrected chi connectivity index (χ2v) is 5.97. The van der Waals surface area contributed by atoms with Crippen molar-refractivity contribution in [3.05, 3.63) is 69.3 Å². The number of aliphatic hydroxyl groups is 1. The first-order valence-corrected chi connectivity index (χ1v) is 7.63. The van der Waals surface area contributed by atoms with E-state index in [2.05, 4.69) is 5.10 Å². The lowest BCUT2D eigenvalue weighted by molar-refractivity contribution is 0.276. The normalized spacial score (nSPS) is 10.9. The summed E-state index contributed by atoms with van der Waals surface area (Å²) in [5.74, 6) is 0. The first-order chi connectivity index (χ1) is 10.6. The van der Waals surface area contributed by atoms with Crippen LogP contribution in [0.1, 0.15) is 5.69 Å². The predicted octanol–water partition coefficient (Wildman–Crippen LogP) is 4.99. The van der Waals surface area contributed by atoms with Gasteiger partial charge in [0, 0.05) is 15.6 Å². The highest BCUT2D eigenvalue weighted by Crippen LogP contribution is 2.30. The third-order valence-corrected chi connectivity index (χ3v) is 3.99. The zero-order valence-corrected chi connectivity index (χ0v) is 13.6. The SMILES string of the molecule is OCc1cc(-c2ccc(Cl)cc2)n(-c2ccc(Cl)cc2Cl)n1. The van der Waals surface area contributed by atoms with Crippen molar-refractivity contribution in [2.75, 3.05) is 0 Å². The van der Waals surface area contributed by atoms with Crippen LogP contribution >= 0.6 is 34.8 Å². The largest absolute Gasteiger partial charge is 0.390 e. The molecule has 0 bridgehead atoms. The molecule has 6 heteroatoms. The summed E-state index contributed by atoms with van der Waals surface area (Å²) in [5, 5.41) is 15.5. The minimum atomic E-state index is -0.154. The van der Waals surface area contributed by atoms with E-state index in [9.17, 15) is 5.11 Å². The van der Waals surface area contributed by atoms with Gasteiger partial charge in [0.1, 0.15) is 0 Å². The molecule has 22 heavy (non-hydrogen) atoms. The number of aromatic nitrogens is 2. The Hall–Kier alpha value is -1.52. The standard InChI is InChI=1S/C16H11Cl3N2O/c17-11-3-1-10(2-4-11)16-8-13(9-22)20-21(16)15-6-5-12(18)7-14(15)19/h1-8,22H,9H2. The Balaban J connectivity index is 2.18. The number of aliphatic hydroxyl groups excluding tert-OH is 1. The van der Waals surface area contributed by atoms with Gasteiger partial charge in [-0.3, -0.25) is 0 Å². The summed E-state index contributed by atoms with van der Waals surface area (Å²) in [5.41, 5.74) is 2.97. The average molecular weight is 354 g/mol. The zero-order chi connectivity index (χ0) is 15.7. The first-order valence-electron chi connectivity index (χ1n) is 6.49. The number of hydrogen-bond donors (Lipinski definition) is 1. The van der Waals surface area contributed by atoms with Gasteiger partial charge in [0.25, 0.3) is 0 Å². The third kappa shape index (κ3) is 2.99. The van der Waals surface area contributed by atoms with Crippen LogP contribution in [0.15, 0.2) is 48.5 Å². The molecule has 3 nitrogen and oxygen atoms in total. The second kappa shape index (κ2) is 6.31. The van der Waals surface area contributed by atoms with E-state index in [1.54, 1.807) is 35.0 Å². The Bertz CT molecular complexity index is 813. The summed E-state index contributed by atoms with van der Waals surface area (Å²) >= 11 is 18.1. The van der Waals surface area contributed by atoms with E-state index >= 15 is 0 Å². The highest BCUT2D eigenvalue weighted by molar-refractivity contribution is 6.35. The molecule has 0 fully saturated rings. The summed E-state index contributed by atoms with van der Waals surface area (Å²) in [6.45, 7) is -0.154. The number of rotatable bonds is 3. The van der Waals surface area contributed by atoms with Crippen molar-refractivity contribution in [2.45, 2.75) is 6.61 Å². The summed E-state index contributed by atoms with van der Waals surface area (Å²) in [6, 6.07) is 14.4. The maximum Gasteiger partial charge on any atom is 0.0889 e. The van der Waals surface area contributed by atoms with Crippen molar-refractivity contribution < 1.29 is 5.11 Å². The number of hydrogen-bond acceptors (Lipinski definition) is 2. The van der Waals surface area contributed by atoms with Gasteiger partial charge in [-0.1, -0.05) is 46.9 Å². The van der Waals surface area contributed by atoms with Gasteiger partial charge >= 0.3 is 0 Å². The average Bonchev–Trinajstić information content (AvgIpc) is 2.92. The lowest BCUT2D eigenvalue weighted by Gasteiger charge is -2.10. The fourth-order valence-electron chi connectivity index (χ4n) is 2.17. The van der Waals surface area contributed by atoms with Gasteiger partial charge in [-0.25, -0.2) is 4.68 Å². The van der Waals surface area contributed by atoms with Gasteiger partial charge in [0.2, 0.25) is 0 Å². The molecule has 0 saturated carbocycles. The van der Waals surface area contributed by atoms with Crippen LogP contribution in [0.5, 0.6) is 0 Å². The van der Waals surface area contributed by atoms with Crippen LogP contribution in [0.25, 0.3) is 16.9 Å². The van der Waals surface area contributed by atoms with Gasteiger partial charge in [-0.15, -0.1) is 0 Å². The van der Waals surface area contributed by atoms with Crippen LogP contribution in [0.3, 0.4) is 0 Å². The minimum absolute atomic E-state index is 0.154. The molecule has 2 aromatic carbocycles. The van der Waals surface area contributed by atoms with Gasteiger partial charge < -0.3 is 5.11 Å². The summed E-state index contributed by atoms with van der Waals surface area (Å²) < 4.78 is 1.69. The Morgan fingerprint density at radius 1 is 0.909 bits per heavy atom. The number of benzene rings is 2. The Morgan fingerprint density at radius 2 is 1.59 bits per heavy atom. The molecule has 0 saturated heterocycles. The maximum atomic E-state index is 9.38. The fourth-order valence-corrected chi connectivity index (χ4v) is 2.78. The van der Waals surface area contributed by atoms with Crippen LogP contribution < -0.4 is 0 Å². The van der Waals surface area contributed by atoms with Gasteiger partial charge in [-0.05, 0) is 36.4 Å². The second-order valence-electron chi connectivity index (χ2n) is 4.69. The van der Waals surface area contributed by atoms with Crippen molar-refractivity contribution in [3.8, 4) is 16.9 Å². The van der Waals surface area contributed by atoms with Crippen LogP contribution in [-0.4, -0.2) is 14.9 Å². The molecule has 1 heterocycles. The minimum Gasteiger partial charge on any atom is -0.390 e. The van der Waals surface area contributed by atoms with Gasteiger partial charge in [-0.2, -0.15) is 5.10 Å². The zero-order valence-electron chi connectivity index (χ0n) is 11.3. The van der Waals surface area contributed by atoms with Crippen molar-refractivity contribution >= 4 is 34.8 Å². The predicted molar refractivity (Wildman–Crippen MR) is 90.0 cm³/mol. The molecule has 0 radical (unpaired) electrons. The molecule has 0 aliphatic rings. The van der Waals surface area contributed by atoms with E-state index in [0.717, 1.165) is 11.3 Å². The Kier molecular flexibility index (Phi) is 4.41. The molecule has 0 unspecified atom stereocenters. The quantitative estimate of drug-likeness (QED) is 0.720. The topological polar surface area (TPSA) is 38.0 Å². The molecule has 0 amide bonds. The molecule has 1 N–H and O–H groups in total. The highest BCUT2D eigenvalue weighted by Gasteiger charge is 2.14. The van der Waals surface area contributed by atoms with E-state index in [-0.39, 0.29) is 6.61 Å². The van der Waals surface area contributed by atoms with Crippen LogP contribution in [-0.2, 0) is 6.61 Å². The van der Waals surface area contributed by atoms with E-state index in [1.165, 1.54) is 0 Å². The summed E-state index contributed by atoms with van der Waals surface area (Å²) in [6.07, 6.45) is 0. The lowest BCUT2D eigenvalue weighted by Crippen LogP contribution is -2.00. The van der Waals surface area contributed by atoms with Gasteiger partial charge in [0.05, 0.1) is 28.7 Å². The van der Waals surface area contributed by atoms with Crippen molar-refractivity contribution in [1.82, 2.24) is 9.78 Å². The van der Waals surface area contributed by atoms with Gasteiger partial charge in [0.15, 0.2) is 0 Å². The van der Waals surface area contributed by atoms with E-state index in [0.29, 0.717) is 26.4 Å². The molecule has 0 aliphatic carbocycles. The fraction of sp³-hybridized carbons (Fsp3) is 0.0625. The smallest absolute Gasteiger partial charge is 0.0889 e. The van der Waals surface area contributed by atoms with Crippen molar-refractivity contribution in [3.63, 3.8) is 0 Å². The Morgan fingerprint density at radius 3 is 2.23 bits per heavy atom. The van der Waals surface area contributed by atoms with Crippen LogP contribution in [0.4, 0.5) is 0 Å². The van der Waals surface area contributed by atoms with E-state index in [4.69, 9.17) is 34.8 Å². The molecule has 1 aromatic heterocycles. The molecular weight excluding hydrogens is 343 g/mol. The number of nitrogens with zero attached hydrogens (tertiary/aromatic N) is 2. The van der Waals surface area contributed by atoms with Crippen molar-refractivity contribution in [2.24, 2.45) is 0 Å². The third-order valence-electron chi connectivity index (χ3n) is 3.20. The van der Waals surface area contributed by atoms with Crippen LogP contribution in [0.2, 0.25) is 15.1 Å². The molecule has 112 valence electrons. The van der Waals surface area contributed by atoms with Crippen LogP contribution in [0, 0.1) is 0 Å². The lowest BCUT2D eigenvalue weighted by atomic mass is 10.1. The first kappa shape index (κ1) is 15.4. The maximum absolute atomic E-state index is 9.38. The number of halogens is 3. The molecule has 3 aromatic rings. The monoisotopic (exact) mass is 352 g/mol. The summed E-state index contributed by atoms with van der Waals surface area (Å²) in [4.78, 5) is 0. The molecule has 0 spiro atoms. The molecule has 3 rings (SSSR count). The molecular formula is C16H11Cl3N2O. The molecule has 0 aliphatic heterocycles. The van der Waals surface area contributed by atoms with Crippen molar-refractivity contribution in [1.29, 1.82) is 0 Å². The highest BCUT2D eigenvalue weighted by atomic mass is 35.5. The van der Waals surface area contributed by atoms with E-state index < -0.39 is 0 Å². The molecule has 0 atom stereocenters. The van der Waals surface area contributed by atoms with E-state index in [1.807, 2.05) is 18.2 Å². The Labute approximate surface area is 142 Å².